The molecule has 3 aromatic rings. The number of aromatic nitrogens is 3. The molecule has 0 amide bonds. The SMILES string of the molecule is CCCn1nc2nc(-c3ccc(OCC(=O)O)cc3)cc(C)c2c1C. The number of carboxylic acid groups (broad SMARTS) is 1. The van der Waals surface area contributed by atoms with Gasteiger partial charge in [-0.15, -0.1) is 0 Å². The van der Waals surface area contributed by atoms with Gasteiger partial charge in [-0.3, -0.25) is 4.68 Å². The number of fused-ring (bicyclic) bond motifs is 1. The van der Waals surface area contributed by atoms with E-state index in [1.807, 2.05) is 16.8 Å². The van der Waals surface area contributed by atoms with Gasteiger partial charge in [0.2, 0.25) is 0 Å². The third kappa shape index (κ3) is 3.47. The first-order valence-electron chi connectivity index (χ1n) is 8.29. The highest BCUT2D eigenvalue weighted by Gasteiger charge is 2.13. The first kappa shape index (κ1) is 17.0. The third-order valence-electron chi connectivity index (χ3n) is 4.11. The van der Waals surface area contributed by atoms with E-state index in [2.05, 4.69) is 31.9 Å². The van der Waals surface area contributed by atoms with Crippen LogP contribution in [0.2, 0.25) is 0 Å². The summed E-state index contributed by atoms with van der Waals surface area (Å²) in [5.41, 5.74) is 4.83. The minimum Gasteiger partial charge on any atom is -0.482 e. The van der Waals surface area contributed by atoms with Crippen LogP contribution in [0.4, 0.5) is 0 Å². The van der Waals surface area contributed by atoms with Crippen LogP contribution in [0.3, 0.4) is 0 Å². The zero-order chi connectivity index (χ0) is 18.0. The Kier molecular flexibility index (Phi) is 4.70. The molecule has 0 fully saturated rings. The fourth-order valence-electron chi connectivity index (χ4n) is 2.94. The summed E-state index contributed by atoms with van der Waals surface area (Å²) in [6, 6.07) is 9.31. The monoisotopic (exact) mass is 339 g/mol. The van der Waals surface area contributed by atoms with Crippen molar-refractivity contribution < 1.29 is 14.6 Å². The Morgan fingerprint density at radius 1 is 1.24 bits per heavy atom. The Bertz CT molecular complexity index is 914. The highest BCUT2D eigenvalue weighted by Crippen LogP contribution is 2.27. The summed E-state index contributed by atoms with van der Waals surface area (Å²) in [6.07, 6.45) is 1.03. The number of nitrogens with zero attached hydrogens (tertiary/aromatic N) is 3. The van der Waals surface area contributed by atoms with E-state index in [4.69, 9.17) is 14.8 Å². The molecule has 0 unspecified atom stereocenters. The largest absolute Gasteiger partial charge is 0.482 e. The molecule has 0 atom stereocenters. The summed E-state index contributed by atoms with van der Waals surface area (Å²) in [5, 5.41) is 14.4. The van der Waals surface area contributed by atoms with Gasteiger partial charge < -0.3 is 9.84 Å². The lowest BCUT2D eigenvalue weighted by atomic mass is 10.1. The van der Waals surface area contributed by atoms with Crippen LogP contribution in [0, 0.1) is 13.8 Å². The normalized spacial score (nSPS) is 11.0. The molecule has 130 valence electrons. The van der Waals surface area contributed by atoms with E-state index < -0.39 is 5.97 Å². The second-order valence-corrected chi connectivity index (χ2v) is 6.04. The lowest BCUT2D eigenvalue weighted by molar-refractivity contribution is -0.139. The molecular formula is C19H21N3O3. The third-order valence-corrected chi connectivity index (χ3v) is 4.11. The van der Waals surface area contributed by atoms with Gasteiger partial charge in [0.15, 0.2) is 12.3 Å². The summed E-state index contributed by atoms with van der Waals surface area (Å²) in [6.45, 7) is 6.81. The average Bonchev–Trinajstić information content (AvgIpc) is 2.90. The molecule has 1 N–H and O–H groups in total. The highest BCUT2D eigenvalue weighted by molar-refractivity contribution is 5.84. The predicted molar refractivity (Wildman–Crippen MR) is 95.9 cm³/mol. The number of carboxylic acids is 1. The number of rotatable bonds is 6. The smallest absolute Gasteiger partial charge is 0.341 e. The van der Waals surface area contributed by atoms with Crippen LogP contribution >= 0.6 is 0 Å². The molecule has 0 radical (unpaired) electrons. The number of ether oxygens (including phenoxy) is 1. The maximum Gasteiger partial charge on any atom is 0.341 e. The van der Waals surface area contributed by atoms with Crippen LogP contribution in [-0.2, 0) is 11.3 Å². The molecule has 1 aromatic carbocycles. The molecule has 3 rings (SSSR count). The van der Waals surface area contributed by atoms with Gasteiger partial charge in [-0.1, -0.05) is 6.92 Å². The Balaban J connectivity index is 1.94. The summed E-state index contributed by atoms with van der Waals surface area (Å²) < 4.78 is 7.17. The van der Waals surface area contributed by atoms with Crippen molar-refractivity contribution in [1.29, 1.82) is 0 Å². The molecule has 6 nitrogen and oxygen atoms in total. The topological polar surface area (TPSA) is 77.2 Å². The second-order valence-electron chi connectivity index (χ2n) is 6.04. The van der Waals surface area contributed by atoms with Crippen molar-refractivity contribution in [2.24, 2.45) is 0 Å². The van der Waals surface area contributed by atoms with Crippen LogP contribution in [0.15, 0.2) is 30.3 Å². The quantitative estimate of drug-likeness (QED) is 0.742. The van der Waals surface area contributed by atoms with E-state index in [9.17, 15) is 4.79 Å². The fourth-order valence-corrected chi connectivity index (χ4v) is 2.94. The van der Waals surface area contributed by atoms with Crippen molar-refractivity contribution in [3.63, 3.8) is 0 Å². The van der Waals surface area contributed by atoms with Crippen molar-refractivity contribution >= 4 is 17.0 Å². The fraction of sp³-hybridized carbons (Fsp3) is 0.316. The van der Waals surface area contributed by atoms with E-state index >= 15 is 0 Å². The zero-order valence-corrected chi connectivity index (χ0v) is 14.6. The standard InChI is InChI=1S/C19H21N3O3/c1-4-9-22-13(3)18-12(2)10-16(20-19(18)21-22)14-5-7-15(8-6-14)25-11-17(23)24/h5-8,10H,4,9,11H2,1-3H3,(H,23,24). The number of hydrogen-bond donors (Lipinski definition) is 1. The van der Waals surface area contributed by atoms with E-state index in [-0.39, 0.29) is 6.61 Å². The van der Waals surface area contributed by atoms with Crippen molar-refractivity contribution in [2.45, 2.75) is 33.7 Å². The molecule has 0 aliphatic heterocycles. The Labute approximate surface area is 146 Å². The first-order valence-corrected chi connectivity index (χ1v) is 8.29. The Morgan fingerprint density at radius 2 is 1.96 bits per heavy atom. The van der Waals surface area contributed by atoms with Crippen LogP contribution in [0.25, 0.3) is 22.3 Å². The highest BCUT2D eigenvalue weighted by atomic mass is 16.5. The molecule has 0 spiro atoms. The number of pyridine rings is 1. The molecule has 2 aromatic heterocycles. The van der Waals surface area contributed by atoms with Gasteiger partial charge in [0.1, 0.15) is 5.75 Å². The van der Waals surface area contributed by atoms with Crippen LogP contribution in [0.5, 0.6) is 5.75 Å². The van der Waals surface area contributed by atoms with Gasteiger partial charge in [0, 0.05) is 23.2 Å². The minimum atomic E-state index is -0.996. The maximum absolute atomic E-state index is 10.6. The van der Waals surface area contributed by atoms with Gasteiger partial charge in [0.25, 0.3) is 0 Å². The van der Waals surface area contributed by atoms with Crippen molar-refractivity contribution in [3.8, 4) is 17.0 Å². The number of hydrogen-bond acceptors (Lipinski definition) is 4. The zero-order valence-electron chi connectivity index (χ0n) is 14.6. The second kappa shape index (κ2) is 6.93. The van der Waals surface area contributed by atoms with Crippen molar-refractivity contribution in [1.82, 2.24) is 14.8 Å². The Hall–Kier alpha value is -2.89. The van der Waals surface area contributed by atoms with Gasteiger partial charge in [0.05, 0.1) is 5.69 Å². The summed E-state index contributed by atoms with van der Waals surface area (Å²) in [4.78, 5) is 15.3. The van der Waals surface area contributed by atoms with Crippen LogP contribution in [-0.4, -0.2) is 32.4 Å². The van der Waals surface area contributed by atoms with E-state index in [1.54, 1.807) is 12.1 Å². The molecule has 0 saturated carbocycles. The molecule has 0 aliphatic rings. The molecule has 0 saturated heterocycles. The van der Waals surface area contributed by atoms with E-state index in [1.165, 1.54) is 0 Å². The molecule has 0 aliphatic carbocycles. The van der Waals surface area contributed by atoms with Gasteiger partial charge >= 0.3 is 5.97 Å². The number of aryl methyl sites for hydroxylation is 3. The first-order chi connectivity index (χ1) is 12.0. The number of benzene rings is 1. The average molecular weight is 339 g/mol. The van der Waals surface area contributed by atoms with Gasteiger partial charge in [-0.2, -0.15) is 5.10 Å². The molecular weight excluding hydrogens is 318 g/mol. The molecule has 2 heterocycles. The summed E-state index contributed by atoms with van der Waals surface area (Å²) in [5.74, 6) is -0.475. The molecule has 0 bridgehead atoms. The van der Waals surface area contributed by atoms with Gasteiger partial charge in [-0.05, 0) is 56.2 Å². The van der Waals surface area contributed by atoms with Crippen molar-refractivity contribution in [3.05, 3.63) is 41.6 Å². The molecule has 25 heavy (non-hydrogen) atoms. The van der Waals surface area contributed by atoms with Crippen LogP contribution < -0.4 is 4.74 Å². The lowest BCUT2D eigenvalue weighted by Crippen LogP contribution is -2.09. The summed E-state index contributed by atoms with van der Waals surface area (Å²) >= 11 is 0. The number of carbonyl (C=O) groups is 1. The maximum atomic E-state index is 10.6. The van der Waals surface area contributed by atoms with Gasteiger partial charge in [-0.25, -0.2) is 9.78 Å². The van der Waals surface area contributed by atoms with E-state index in [0.717, 1.165) is 46.5 Å². The predicted octanol–water partition coefficient (Wildman–Crippen LogP) is 3.59. The van der Waals surface area contributed by atoms with Crippen LogP contribution in [0.1, 0.15) is 24.6 Å². The summed E-state index contributed by atoms with van der Waals surface area (Å²) in [7, 11) is 0. The van der Waals surface area contributed by atoms with E-state index in [0.29, 0.717) is 5.75 Å². The number of aliphatic carboxylic acids is 1. The molecule has 6 heteroatoms. The Morgan fingerprint density at radius 3 is 2.60 bits per heavy atom. The van der Waals surface area contributed by atoms with Crippen molar-refractivity contribution in [2.75, 3.05) is 6.61 Å². The lowest BCUT2D eigenvalue weighted by Gasteiger charge is -2.06. The minimum absolute atomic E-state index is 0.350.